The number of aryl methyl sites for hydroxylation is 1. The van der Waals surface area contributed by atoms with E-state index >= 15 is 0 Å². The van der Waals surface area contributed by atoms with Crippen molar-refractivity contribution in [1.29, 1.82) is 0 Å². The van der Waals surface area contributed by atoms with Gasteiger partial charge in [0, 0.05) is 30.4 Å². The highest BCUT2D eigenvalue weighted by Crippen LogP contribution is 2.28. The van der Waals surface area contributed by atoms with E-state index in [1.165, 1.54) is 11.1 Å². The van der Waals surface area contributed by atoms with Crippen LogP contribution in [-0.4, -0.2) is 30.6 Å². The molecule has 0 radical (unpaired) electrons. The number of amides is 1. The van der Waals surface area contributed by atoms with Crippen molar-refractivity contribution < 1.29 is 18.0 Å². The number of nitrogens with one attached hydrogen (secondary N) is 1. The van der Waals surface area contributed by atoms with Gasteiger partial charge in [0.1, 0.15) is 5.82 Å². The van der Waals surface area contributed by atoms with E-state index in [0.29, 0.717) is 22.8 Å². The van der Waals surface area contributed by atoms with Crippen molar-refractivity contribution in [2.45, 2.75) is 19.6 Å². The molecule has 1 amide bonds. The summed E-state index contributed by atoms with van der Waals surface area (Å²) in [6.45, 7) is 2.08. The van der Waals surface area contributed by atoms with Crippen molar-refractivity contribution >= 4 is 11.6 Å². The second-order valence-corrected chi connectivity index (χ2v) is 6.84. The minimum atomic E-state index is -4.52. The third kappa shape index (κ3) is 4.47. The summed E-state index contributed by atoms with van der Waals surface area (Å²) in [5.74, 6) is 0.300. The van der Waals surface area contributed by atoms with Crippen LogP contribution in [0.2, 0.25) is 0 Å². The fraction of sp³-hybridized carbons (Fsp3) is 0.143. The number of rotatable bonds is 5. The lowest BCUT2D eigenvalue weighted by molar-refractivity contribution is -0.141. The Labute approximate surface area is 175 Å². The van der Waals surface area contributed by atoms with Gasteiger partial charge in [0.15, 0.2) is 5.69 Å². The average Bonchev–Trinajstić information content (AvgIpc) is 3.43. The molecule has 1 N–H and O–H groups in total. The molecule has 158 valence electrons. The summed E-state index contributed by atoms with van der Waals surface area (Å²) < 4.78 is 39.5. The highest BCUT2D eigenvalue weighted by molar-refractivity contribution is 6.06. The van der Waals surface area contributed by atoms with Crippen LogP contribution in [0.15, 0.2) is 67.4 Å². The molecule has 31 heavy (non-hydrogen) atoms. The Kier molecular flexibility index (Phi) is 5.28. The molecule has 10 heteroatoms. The minimum absolute atomic E-state index is 0.201. The Morgan fingerprint density at radius 1 is 1.16 bits per heavy atom. The van der Waals surface area contributed by atoms with Crippen LogP contribution in [0.3, 0.4) is 0 Å². The SMILES string of the molecule is Cc1cncc(N(Cc2ncc[nH]2)C(=O)c2ccc(-n3ccc(C(F)(F)F)n3)cc2)c1. The topological polar surface area (TPSA) is 79.7 Å². The number of hydrogen-bond donors (Lipinski definition) is 1. The van der Waals surface area contributed by atoms with Crippen LogP contribution in [0.5, 0.6) is 0 Å². The summed E-state index contributed by atoms with van der Waals surface area (Å²) in [4.78, 5) is 26.1. The molecular weight excluding hydrogens is 409 g/mol. The Bertz CT molecular complexity index is 1180. The van der Waals surface area contributed by atoms with Gasteiger partial charge in [-0.25, -0.2) is 9.67 Å². The highest BCUT2D eigenvalue weighted by Gasteiger charge is 2.33. The molecule has 0 atom stereocenters. The van der Waals surface area contributed by atoms with E-state index in [9.17, 15) is 18.0 Å². The first-order valence-electron chi connectivity index (χ1n) is 9.26. The van der Waals surface area contributed by atoms with Crippen molar-refractivity contribution in [3.05, 3.63) is 90.0 Å². The van der Waals surface area contributed by atoms with Gasteiger partial charge in [-0.1, -0.05) is 0 Å². The van der Waals surface area contributed by atoms with Gasteiger partial charge in [0.2, 0.25) is 0 Å². The minimum Gasteiger partial charge on any atom is -0.347 e. The molecule has 4 rings (SSSR count). The average molecular weight is 426 g/mol. The van der Waals surface area contributed by atoms with Gasteiger partial charge in [0.25, 0.3) is 5.91 Å². The summed E-state index contributed by atoms with van der Waals surface area (Å²) in [5.41, 5.74) is 1.28. The standard InChI is InChI=1S/C21H17F3N6O/c1-14-10-17(12-25-11-14)29(13-19-26-7-8-27-19)20(31)15-2-4-16(5-3-15)30-9-6-18(28-30)21(22,23)24/h2-12H,13H2,1H3,(H,26,27). The Morgan fingerprint density at radius 2 is 1.94 bits per heavy atom. The van der Waals surface area contributed by atoms with Gasteiger partial charge < -0.3 is 4.98 Å². The van der Waals surface area contributed by atoms with Crippen molar-refractivity contribution in [2.75, 3.05) is 4.90 Å². The van der Waals surface area contributed by atoms with Crippen molar-refractivity contribution in [3.8, 4) is 5.69 Å². The summed E-state index contributed by atoms with van der Waals surface area (Å²) in [5, 5.41) is 3.54. The van der Waals surface area contributed by atoms with Crippen LogP contribution in [0.1, 0.15) is 27.4 Å². The van der Waals surface area contributed by atoms with Gasteiger partial charge in [0.05, 0.1) is 24.1 Å². The van der Waals surface area contributed by atoms with Crippen LogP contribution in [0.25, 0.3) is 5.69 Å². The van der Waals surface area contributed by atoms with Crippen molar-refractivity contribution in [2.24, 2.45) is 0 Å². The summed E-state index contributed by atoms with van der Waals surface area (Å²) in [6, 6.07) is 8.91. The number of imidazole rings is 1. The molecule has 0 aliphatic heterocycles. The number of anilines is 1. The number of carbonyl (C=O) groups is 1. The molecule has 4 aromatic rings. The second-order valence-electron chi connectivity index (χ2n) is 6.84. The quantitative estimate of drug-likeness (QED) is 0.520. The van der Waals surface area contributed by atoms with E-state index < -0.39 is 11.9 Å². The molecule has 0 aliphatic carbocycles. The van der Waals surface area contributed by atoms with E-state index in [-0.39, 0.29) is 12.5 Å². The Morgan fingerprint density at radius 3 is 2.55 bits per heavy atom. The monoisotopic (exact) mass is 426 g/mol. The predicted octanol–water partition coefficient (Wildman–Crippen LogP) is 4.16. The fourth-order valence-corrected chi connectivity index (χ4v) is 3.03. The molecular formula is C21H17F3N6O. The number of carbonyl (C=O) groups excluding carboxylic acids is 1. The first-order valence-corrected chi connectivity index (χ1v) is 9.26. The number of alkyl halides is 3. The third-order valence-corrected chi connectivity index (χ3v) is 4.54. The van der Waals surface area contributed by atoms with E-state index in [0.717, 1.165) is 16.3 Å². The Hall–Kier alpha value is -3.95. The van der Waals surface area contributed by atoms with Gasteiger partial charge in [-0.05, 0) is 48.9 Å². The molecule has 0 saturated carbocycles. The maximum absolute atomic E-state index is 13.3. The zero-order valence-electron chi connectivity index (χ0n) is 16.3. The lowest BCUT2D eigenvalue weighted by atomic mass is 10.1. The zero-order valence-corrected chi connectivity index (χ0v) is 16.3. The molecule has 7 nitrogen and oxygen atoms in total. The van der Waals surface area contributed by atoms with Crippen LogP contribution in [0, 0.1) is 6.92 Å². The van der Waals surface area contributed by atoms with Crippen LogP contribution >= 0.6 is 0 Å². The number of hydrogen-bond acceptors (Lipinski definition) is 4. The summed E-state index contributed by atoms with van der Waals surface area (Å²) in [7, 11) is 0. The lowest BCUT2D eigenvalue weighted by Crippen LogP contribution is -2.31. The van der Waals surface area contributed by atoms with Gasteiger partial charge in [-0.15, -0.1) is 0 Å². The number of pyridine rings is 1. The van der Waals surface area contributed by atoms with Gasteiger partial charge in [-0.3, -0.25) is 14.7 Å². The summed E-state index contributed by atoms with van der Waals surface area (Å²) >= 11 is 0. The summed E-state index contributed by atoms with van der Waals surface area (Å²) in [6.07, 6.45) is 3.25. The normalized spacial score (nSPS) is 11.5. The molecule has 0 bridgehead atoms. The first kappa shape index (κ1) is 20.3. The maximum atomic E-state index is 13.3. The van der Waals surface area contributed by atoms with E-state index in [2.05, 4.69) is 20.1 Å². The number of nitrogens with zero attached hydrogens (tertiary/aromatic N) is 5. The molecule has 3 aromatic heterocycles. The molecule has 1 aromatic carbocycles. The molecule has 0 spiro atoms. The number of H-pyrrole nitrogens is 1. The third-order valence-electron chi connectivity index (χ3n) is 4.54. The van der Waals surface area contributed by atoms with E-state index in [4.69, 9.17) is 0 Å². The molecule has 0 fully saturated rings. The number of halogens is 3. The predicted molar refractivity (Wildman–Crippen MR) is 107 cm³/mol. The van der Waals surface area contributed by atoms with E-state index in [1.54, 1.807) is 49.1 Å². The van der Waals surface area contributed by atoms with Crippen molar-refractivity contribution in [3.63, 3.8) is 0 Å². The van der Waals surface area contributed by atoms with Gasteiger partial charge >= 0.3 is 6.18 Å². The molecule has 0 aliphatic rings. The molecule has 0 unspecified atom stereocenters. The fourth-order valence-electron chi connectivity index (χ4n) is 3.03. The lowest BCUT2D eigenvalue weighted by Gasteiger charge is -2.22. The zero-order chi connectivity index (χ0) is 22.0. The number of benzene rings is 1. The van der Waals surface area contributed by atoms with Crippen molar-refractivity contribution in [1.82, 2.24) is 24.7 Å². The van der Waals surface area contributed by atoms with Crippen LogP contribution < -0.4 is 4.90 Å². The van der Waals surface area contributed by atoms with Gasteiger partial charge in [-0.2, -0.15) is 18.3 Å². The second kappa shape index (κ2) is 8.05. The number of aromatic nitrogens is 5. The first-order chi connectivity index (χ1) is 14.8. The molecule has 3 heterocycles. The highest BCUT2D eigenvalue weighted by atomic mass is 19.4. The Balaban J connectivity index is 1.62. The number of aromatic amines is 1. The van der Waals surface area contributed by atoms with E-state index in [1.807, 2.05) is 13.0 Å². The molecule has 0 saturated heterocycles. The maximum Gasteiger partial charge on any atom is 0.435 e. The largest absolute Gasteiger partial charge is 0.435 e. The smallest absolute Gasteiger partial charge is 0.347 e. The van der Waals surface area contributed by atoms with Crippen LogP contribution in [-0.2, 0) is 12.7 Å². The van der Waals surface area contributed by atoms with Crippen LogP contribution in [0.4, 0.5) is 18.9 Å².